The van der Waals surface area contributed by atoms with Gasteiger partial charge in [-0.2, -0.15) is 0 Å². The number of rotatable bonds is 6. The van der Waals surface area contributed by atoms with Crippen molar-refractivity contribution in [3.8, 4) is 5.75 Å². The van der Waals surface area contributed by atoms with Gasteiger partial charge >= 0.3 is 0 Å². The molecular formula is C19H31N3OS. The van der Waals surface area contributed by atoms with Crippen LogP contribution in [0.3, 0.4) is 0 Å². The molecule has 0 amide bonds. The van der Waals surface area contributed by atoms with Crippen LogP contribution in [0.1, 0.15) is 68.7 Å². The summed E-state index contributed by atoms with van der Waals surface area (Å²) in [5.74, 6) is 1.75. The fraction of sp³-hybridized carbons (Fsp3) is 0.684. The van der Waals surface area contributed by atoms with E-state index in [0.717, 1.165) is 47.8 Å². The van der Waals surface area contributed by atoms with Gasteiger partial charge in [0.1, 0.15) is 11.6 Å². The highest BCUT2D eigenvalue weighted by atomic mass is 32.1. The average molecular weight is 350 g/mol. The lowest BCUT2D eigenvalue weighted by Crippen LogP contribution is -2.39. The normalized spacial score (nSPS) is 15.2. The van der Waals surface area contributed by atoms with Gasteiger partial charge in [0.15, 0.2) is 5.11 Å². The fourth-order valence-electron chi connectivity index (χ4n) is 3.15. The standard InChI is InChI=1S/C19H31N3OS/c1-5-6-12-23-17-13(2)14(3)18(20-15(17)4)22-19(24)21-16-10-8-7-9-11-16/h16H,5-12H2,1-4H3,(H2,20,21,22,24). The largest absolute Gasteiger partial charge is 0.491 e. The maximum absolute atomic E-state index is 5.93. The van der Waals surface area contributed by atoms with Crippen molar-refractivity contribution >= 4 is 23.1 Å². The number of nitrogens with zero attached hydrogens (tertiary/aromatic N) is 1. The first-order valence-corrected chi connectivity index (χ1v) is 9.61. The van der Waals surface area contributed by atoms with E-state index in [4.69, 9.17) is 17.0 Å². The Morgan fingerprint density at radius 2 is 1.88 bits per heavy atom. The summed E-state index contributed by atoms with van der Waals surface area (Å²) in [5, 5.41) is 7.40. The first kappa shape index (κ1) is 19.0. The Hall–Kier alpha value is -1.36. The molecule has 0 aliphatic heterocycles. The number of hydrogen-bond donors (Lipinski definition) is 2. The molecule has 1 aliphatic rings. The quantitative estimate of drug-likeness (QED) is 0.570. The summed E-state index contributed by atoms with van der Waals surface area (Å²) >= 11 is 5.49. The number of aryl methyl sites for hydroxylation is 1. The molecule has 0 atom stereocenters. The molecule has 1 heterocycles. The van der Waals surface area contributed by atoms with Crippen LogP contribution in [0.5, 0.6) is 5.75 Å². The third-order valence-electron chi connectivity index (χ3n) is 4.78. The van der Waals surface area contributed by atoms with Crippen LogP contribution in [-0.2, 0) is 0 Å². The van der Waals surface area contributed by atoms with Gasteiger partial charge in [-0.3, -0.25) is 0 Å². The molecule has 0 saturated heterocycles. The van der Waals surface area contributed by atoms with Crippen LogP contribution >= 0.6 is 12.2 Å². The second-order valence-corrected chi connectivity index (χ2v) is 7.17. The molecule has 0 unspecified atom stereocenters. The summed E-state index contributed by atoms with van der Waals surface area (Å²) in [5.41, 5.74) is 3.15. The third kappa shape index (κ3) is 5.07. The van der Waals surface area contributed by atoms with E-state index in [-0.39, 0.29) is 0 Å². The molecule has 0 bridgehead atoms. The third-order valence-corrected chi connectivity index (χ3v) is 5.00. The number of hydrogen-bond acceptors (Lipinski definition) is 3. The fourth-order valence-corrected chi connectivity index (χ4v) is 3.41. The molecule has 0 spiro atoms. The maximum atomic E-state index is 5.93. The van der Waals surface area contributed by atoms with Gasteiger partial charge in [-0.25, -0.2) is 4.98 Å². The molecule has 1 saturated carbocycles. The highest BCUT2D eigenvalue weighted by molar-refractivity contribution is 7.80. The Morgan fingerprint density at radius 3 is 2.54 bits per heavy atom. The first-order chi connectivity index (χ1) is 11.5. The van der Waals surface area contributed by atoms with Crippen LogP contribution in [-0.4, -0.2) is 22.7 Å². The Labute approximate surface area is 151 Å². The van der Waals surface area contributed by atoms with Crippen LogP contribution in [0.4, 0.5) is 5.82 Å². The maximum Gasteiger partial charge on any atom is 0.172 e. The number of aromatic nitrogens is 1. The molecule has 5 heteroatoms. The summed E-state index contributed by atoms with van der Waals surface area (Å²) in [7, 11) is 0. The van der Waals surface area contributed by atoms with E-state index >= 15 is 0 Å². The zero-order valence-corrected chi connectivity index (χ0v) is 16.3. The van der Waals surface area contributed by atoms with Crippen LogP contribution < -0.4 is 15.4 Å². The number of unbranched alkanes of at least 4 members (excludes halogenated alkanes) is 1. The van der Waals surface area contributed by atoms with Crippen LogP contribution in [0.25, 0.3) is 0 Å². The molecule has 134 valence electrons. The van der Waals surface area contributed by atoms with Gasteiger partial charge in [-0.05, 0) is 63.4 Å². The molecule has 1 aromatic heterocycles. The van der Waals surface area contributed by atoms with Crippen molar-refractivity contribution in [1.29, 1.82) is 0 Å². The van der Waals surface area contributed by atoms with Crippen molar-refractivity contribution in [3.05, 3.63) is 16.8 Å². The summed E-state index contributed by atoms with van der Waals surface area (Å²) in [6, 6.07) is 0.498. The minimum atomic E-state index is 0.498. The van der Waals surface area contributed by atoms with Crippen LogP contribution in [0.15, 0.2) is 0 Å². The zero-order valence-electron chi connectivity index (χ0n) is 15.5. The Bertz CT molecular complexity index is 568. The van der Waals surface area contributed by atoms with E-state index < -0.39 is 0 Å². The van der Waals surface area contributed by atoms with Gasteiger partial charge in [0.05, 0.1) is 12.3 Å². The molecule has 1 aliphatic carbocycles. The number of anilines is 1. The lowest BCUT2D eigenvalue weighted by atomic mass is 9.96. The molecule has 1 fully saturated rings. The lowest BCUT2D eigenvalue weighted by molar-refractivity contribution is 0.303. The van der Waals surface area contributed by atoms with Crippen LogP contribution in [0.2, 0.25) is 0 Å². The molecule has 1 aromatic rings. The van der Waals surface area contributed by atoms with Gasteiger partial charge in [-0.15, -0.1) is 0 Å². The monoisotopic (exact) mass is 349 g/mol. The highest BCUT2D eigenvalue weighted by Gasteiger charge is 2.17. The molecule has 2 rings (SSSR count). The van der Waals surface area contributed by atoms with E-state index in [1.165, 1.54) is 32.1 Å². The molecular weight excluding hydrogens is 318 g/mol. The Morgan fingerprint density at radius 1 is 1.17 bits per heavy atom. The molecule has 24 heavy (non-hydrogen) atoms. The van der Waals surface area contributed by atoms with E-state index in [1.807, 2.05) is 6.92 Å². The summed E-state index contributed by atoms with van der Waals surface area (Å²) in [4.78, 5) is 4.68. The zero-order chi connectivity index (χ0) is 17.5. The average Bonchev–Trinajstić information content (AvgIpc) is 2.56. The molecule has 0 aromatic carbocycles. The summed E-state index contributed by atoms with van der Waals surface area (Å²) < 4.78 is 5.93. The van der Waals surface area contributed by atoms with Gasteiger partial charge in [-0.1, -0.05) is 32.6 Å². The topological polar surface area (TPSA) is 46.2 Å². The predicted molar refractivity (Wildman–Crippen MR) is 105 cm³/mol. The summed E-state index contributed by atoms with van der Waals surface area (Å²) in [6.07, 6.45) is 8.53. The SMILES string of the molecule is CCCCOc1c(C)nc(NC(=S)NC2CCCCC2)c(C)c1C. The second kappa shape index (κ2) is 9.21. The number of thiocarbonyl (C=S) groups is 1. The minimum absolute atomic E-state index is 0.498. The second-order valence-electron chi connectivity index (χ2n) is 6.76. The van der Waals surface area contributed by atoms with Gasteiger partial charge < -0.3 is 15.4 Å². The smallest absolute Gasteiger partial charge is 0.172 e. The van der Waals surface area contributed by atoms with E-state index in [1.54, 1.807) is 0 Å². The number of ether oxygens (including phenoxy) is 1. The van der Waals surface area contributed by atoms with E-state index in [2.05, 4.69) is 36.4 Å². The van der Waals surface area contributed by atoms with Crippen molar-refractivity contribution in [2.75, 3.05) is 11.9 Å². The first-order valence-electron chi connectivity index (χ1n) is 9.21. The van der Waals surface area contributed by atoms with Crippen LogP contribution in [0, 0.1) is 20.8 Å². The van der Waals surface area contributed by atoms with Gasteiger partial charge in [0.2, 0.25) is 0 Å². The van der Waals surface area contributed by atoms with Gasteiger partial charge in [0.25, 0.3) is 0 Å². The van der Waals surface area contributed by atoms with Crippen molar-refractivity contribution in [3.63, 3.8) is 0 Å². The number of pyridine rings is 1. The van der Waals surface area contributed by atoms with Gasteiger partial charge in [0, 0.05) is 6.04 Å². The van der Waals surface area contributed by atoms with Crippen molar-refractivity contribution < 1.29 is 4.74 Å². The van der Waals surface area contributed by atoms with Crippen molar-refractivity contribution in [2.24, 2.45) is 0 Å². The van der Waals surface area contributed by atoms with E-state index in [9.17, 15) is 0 Å². The highest BCUT2D eigenvalue weighted by Crippen LogP contribution is 2.29. The minimum Gasteiger partial charge on any atom is -0.491 e. The molecule has 0 radical (unpaired) electrons. The van der Waals surface area contributed by atoms with Crippen molar-refractivity contribution in [2.45, 2.75) is 78.7 Å². The lowest BCUT2D eigenvalue weighted by Gasteiger charge is -2.25. The molecule has 4 nitrogen and oxygen atoms in total. The van der Waals surface area contributed by atoms with Crippen molar-refractivity contribution in [1.82, 2.24) is 10.3 Å². The Kier molecular flexibility index (Phi) is 7.28. The Balaban J connectivity index is 2.03. The number of nitrogens with one attached hydrogen (secondary N) is 2. The van der Waals surface area contributed by atoms with E-state index in [0.29, 0.717) is 11.2 Å². The molecule has 2 N–H and O–H groups in total. The predicted octanol–water partition coefficient (Wildman–Crippen LogP) is 4.80. The summed E-state index contributed by atoms with van der Waals surface area (Å²) in [6.45, 7) is 9.07.